The van der Waals surface area contributed by atoms with Gasteiger partial charge in [0.25, 0.3) is 5.92 Å². The zero-order valence-corrected chi connectivity index (χ0v) is 9.20. The lowest BCUT2D eigenvalue weighted by atomic mass is 10.1. The highest BCUT2D eigenvalue weighted by atomic mass is 19.3. The lowest BCUT2D eigenvalue weighted by Crippen LogP contribution is -2.31. The van der Waals surface area contributed by atoms with Crippen molar-refractivity contribution in [3.05, 3.63) is 29.3 Å². The number of hydrogen-bond acceptors (Lipinski definition) is 3. The fourth-order valence-corrected chi connectivity index (χ4v) is 1.28. The van der Waals surface area contributed by atoms with E-state index in [4.69, 9.17) is 10.2 Å². The number of aryl methyl sites for hydroxylation is 1. The van der Waals surface area contributed by atoms with Crippen LogP contribution in [0, 0.1) is 6.92 Å². The molecular weight excluding hydrogens is 232 g/mol. The molecule has 17 heavy (non-hydrogen) atoms. The number of aliphatic hydroxyl groups is 1. The van der Waals surface area contributed by atoms with Gasteiger partial charge in [0.15, 0.2) is 0 Å². The van der Waals surface area contributed by atoms with Crippen molar-refractivity contribution in [2.45, 2.75) is 12.8 Å². The highest BCUT2D eigenvalue weighted by Crippen LogP contribution is 2.19. The van der Waals surface area contributed by atoms with E-state index in [-0.39, 0.29) is 5.56 Å². The minimum atomic E-state index is -3.20. The number of carboxylic acid groups (broad SMARTS) is 1. The lowest BCUT2D eigenvalue weighted by molar-refractivity contribution is -0.0372. The van der Waals surface area contributed by atoms with Gasteiger partial charge in [-0.3, -0.25) is 0 Å². The Morgan fingerprint density at radius 1 is 1.47 bits per heavy atom. The average molecular weight is 245 g/mol. The first kappa shape index (κ1) is 13.4. The van der Waals surface area contributed by atoms with Crippen LogP contribution < -0.4 is 5.32 Å². The first-order valence-electron chi connectivity index (χ1n) is 4.92. The summed E-state index contributed by atoms with van der Waals surface area (Å²) in [5, 5.41) is 19.6. The Morgan fingerprint density at radius 2 is 2.12 bits per heavy atom. The molecule has 0 amide bonds. The van der Waals surface area contributed by atoms with Crippen LogP contribution in [0.2, 0.25) is 0 Å². The molecule has 0 aromatic heterocycles. The molecule has 0 aliphatic rings. The van der Waals surface area contributed by atoms with E-state index in [0.717, 1.165) is 0 Å². The molecule has 0 radical (unpaired) electrons. The molecule has 94 valence electrons. The van der Waals surface area contributed by atoms with Gasteiger partial charge in [0, 0.05) is 5.69 Å². The van der Waals surface area contributed by atoms with Crippen molar-refractivity contribution >= 4 is 11.7 Å². The molecule has 4 nitrogen and oxygen atoms in total. The van der Waals surface area contributed by atoms with Gasteiger partial charge in [0.2, 0.25) is 0 Å². The van der Waals surface area contributed by atoms with Crippen LogP contribution in [-0.4, -0.2) is 35.3 Å². The summed E-state index contributed by atoms with van der Waals surface area (Å²) in [6, 6.07) is 4.14. The number of aromatic carboxylic acids is 1. The predicted molar refractivity (Wildman–Crippen MR) is 58.7 cm³/mol. The molecule has 0 unspecified atom stereocenters. The SMILES string of the molecule is Cc1cc(C(=O)O)ccc1NCC(F)(F)CO. The van der Waals surface area contributed by atoms with Gasteiger partial charge in [0.1, 0.15) is 6.61 Å². The number of benzene rings is 1. The number of carbonyl (C=O) groups is 1. The van der Waals surface area contributed by atoms with Gasteiger partial charge < -0.3 is 15.5 Å². The second-order valence-corrected chi connectivity index (χ2v) is 3.70. The quantitative estimate of drug-likeness (QED) is 0.739. The van der Waals surface area contributed by atoms with E-state index in [0.29, 0.717) is 11.3 Å². The molecule has 0 aliphatic heterocycles. The Balaban J connectivity index is 2.77. The number of aliphatic hydroxyl groups excluding tert-OH is 1. The first-order chi connectivity index (χ1) is 7.85. The highest BCUT2D eigenvalue weighted by Gasteiger charge is 2.27. The summed E-state index contributed by atoms with van der Waals surface area (Å²) >= 11 is 0. The van der Waals surface area contributed by atoms with Crippen LogP contribution in [0.4, 0.5) is 14.5 Å². The maximum absolute atomic E-state index is 12.8. The van der Waals surface area contributed by atoms with Crippen molar-refractivity contribution in [2.75, 3.05) is 18.5 Å². The van der Waals surface area contributed by atoms with Gasteiger partial charge in [-0.15, -0.1) is 0 Å². The standard InChI is InChI=1S/C11H13F2NO3/c1-7-4-8(10(16)17)2-3-9(7)14-5-11(12,13)6-15/h2-4,14-15H,5-6H2,1H3,(H,16,17). The Kier molecular flexibility index (Phi) is 4.01. The third-order valence-corrected chi connectivity index (χ3v) is 2.24. The van der Waals surface area contributed by atoms with Crippen LogP contribution in [0.1, 0.15) is 15.9 Å². The summed E-state index contributed by atoms with van der Waals surface area (Å²) in [7, 11) is 0. The first-order valence-corrected chi connectivity index (χ1v) is 4.92. The Hall–Kier alpha value is -1.69. The summed E-state index contributed by atoms with van der Waals surface area (Å²) in [6.45, 7) is -0.311. The van der Waals surface area contributed by atoms with Gasteiger partial charge in [-0.2, -0.15) is 0 Å². The summed E-state index contributed by atoms with van der Waals surface area (Å²) in [5.74, 6) is -4.27. The maximum Gasteiger partial charge on any atom is 0.335 e. The van der Waals surface area contributed by atoms with E-state index < -0.39 is 25.0 Å². The number of nitrogens with one attached hydrogen (secondary N) is 1. The summed E-state index contributed by atoms with van der Waals surface area (Å²) < 4.78 is 25.5. The summed E-state index contributed by atoms with van der Waals surface area (Å²) in [4.78, 5) is 10.7. The van der Waals surface area contributed by atoms with Gasteiger partial charge in [-0.05, 0) is 30.7 Å². The highest BCUT2D eigenvalue weighted by molar-refractivity contribution is 5.88. The van der Waals surface area contributed by atoms with Crippen LogP contribution in [0.25, 0.3) is 0 Å². The number of anilines is 1. The second kappa shape index (κ2) is 5.09. The number of rotatable bonds is 5. The molecule has 1 rings (SSSR count). The average Bonchev–Trinajstić information content (AvgIpc) is 2.27. The van der Waals surface area contributed by atoms with Crippen LogP contribution in [0.3, 0.4) is 0 Å². The number of hydrogen-bond donors (Lipinski definition) is 3. The van der Waals surface area contributed by atoms with Crippen molar-refractivity contribution in [1.29, 1.82) is 0 Å². The monoisotopic (exact) mass is 245 g/mol. The molecule has 0 saturated carbocycles. The molecule has 0 aliphatic carbocycles. The largest absolute Gasteiger partial charge is 0.478 e. The lowest BCUT2D eigenvalue weighted by Gasteiger charge is -2.16. The Bertz CT molecular complexity index is 421. The van der Waals surface area contributed by atoms with Crippen molar-refractivity contribution in [3.63, 3.8) is 0 Å². The Morgan fingerprint density at radius 3 is 2.59 bits per heavy atom. The van der Waals surface area contributed by atoms with Crippen LogP contribution in [-0.2, 0) is 0 Å². The van der Waals surface area contributed by atoms with E-state index in [1.54, 1.807) is 6.92 Å². The van der Waals surface area contributed by atoms with Gasteiger partial charge in [0.05, 0.1) is 12.1 Å². The molecule has 6 heteroatoms. The second-order valence-electron chi connectivity index (χ2n) is 3.70. The molecule has 0 heterocycles. The summed E-state index contributed by atoms with van der Waals surface area (Å²) in [5.41, 5.74) is 1.07. The molecule has 0 atom stereocenters. The topological polar surface area (TPSA) is 69.6 Å². The third-order valence-electron chi connectivity index (χ3n) is 2.24. The van der Waals surface area contributed by atoms with Gasteiger partial charge >= 0.3 is 5.97 Å². The van der Waals surface area contributed by atoms with Crippen molar-refractivity contribution in [3.8, 4) is 0 Å². The number of alkyl halides is 2. The third kappa shape index (κ3) is 3.67. The fraction of sp³-hybridized carbons (Fsp3) is 0.364. The number of carboxylic acids is 1. The maximum atomic E-state index is 12.8. The van der Waals surface area contributed by atoms with E-state index in [9.17, 15) is 13.6 Å². The van der Waals surface area contributed by atoms with Crippen LogP contribution >= 0.6 is 0 Å². The Labute approximate surface area is 96.9 Å². The minimum Gasteiger partial charge on any atom is -0.478 e. The molecule has 0 saturated heterocycles. The van der Waals surface area contributed by atoms with Crippen molar-refractivity contribution in [2.24, 2.45) is 0 Å². The van der Waals surface area contributed by atoms with Crippen molar-refractivity contribution in [1.82, 2.24) is 0 Å². The molecule has 3 N–H and O–H groups in total. The predicted octanol–water partition coefficient (Wildman–Crippen LogP) is 1.73. The van der Waals surface area contributed by atoms with E-state index in [1.165, 1.54) is 18.2 Å². The van der Waals surface area contributed by atoms with Gasteiger partial charge in [-0.25, -0.2) is 13.6 Å². The summed E-state index contributed by atoms with van der Waals surface area (Å²) in [6.07, 6.45) is 0. The van der Waals surface area contributed by atoms with Crippen LogP contribution in [0.5, 0.6) is 0 Å². The normalized spacial score (nSPS) is 11.3. The molecule has 0 bridgehead atoms. The van der Waals surface area contributed by atoms with Gasteiger partial charge in [-0.1, -0.05) is 0 Å². The minimum absolute atomic E-state index is 0.0990. The molecule has 0 fully saturated rings. The van der Waals surface area contributed by atoms with Crippen molar-refractivity contribution < 1.29 is 23.8 Å². The van der Waals surface area contributed by atoms with Crippen LogP contribution in [0.15, 0.2) is 18.2 Å². The van der Waals surface area contributed by atoms with E-state index in [1.807, 2.05) is 0 Å². The smallest absolute Gasteiger partial charge is 0.335 e. The number of halogens is 2. The van der Waals surface area contributed by atoms with E-state index in [2.05, 4.69) is 5.32 Å². The molecule has 1 aromatic carbocycles. The molecule has 0 spiro atoms. The molecule has 1 aromatic rings. The molecular formula is C11H13F2NO3. The zero-order chi connectivity index (χ0) is 13.1. The zero-order valence-electron chi connectivity index (χ0n) is 9.20. The fourth-order valence-electron chi connectivity index (χ4n) is 1.28. The van der Waals surface area contributed by atoms with E-state index >= 15 is 0 Å².